The second-order valence-corrected chi connectivity index (χ2v) is 7.32. The maximum absolute atomic E-state index is 12.3. The Morgan fingerprint density at radius 1 is 1.19 bits per heavy atom. The van der Waals surface area contributed by atoms with Gasteiger partial charge in [-0.3, -0.25) is 4.79 Å². The normalized spacial score (nSPS) is 13.2. The largest absolute Gasteiger partial charge is 0.330 e. The van der Waals surface area contributed by atoms with Gasteiger partial charge in [-0.15, -0.1) is 0 Å². The van der Waals surface area contributed by atoms with E-state index in [1.807, 2.05) is 0 Å². The lowest BCUT2D eigenvalue weighted by Crippen LogP contribution is -2.24. The first-order chi connectivity index (χ1) is 9.74. The SMILES string of the molecule is Cc1ccc(C)c(CC(=O)CCC(CCN)C(C)(C)C)c1. The molecule has 1 rings (SSSR count). The molecule has 1 aromatic rings. The zero-order chi connectivity index (χ0) is 16.0. The lowest BCUT2D eigenvalue weighted by atomic mass is 9.76. The van der Waals surface area contributed by atoms with Crippen LogP contribution < -0.4 is 5.73 Å². The summed E-state index contributed by atoms with van der Waals surface area (Å²) in [6.45, 7) is 11.6. The van der Waals surface area contributed by atoms with Gasteiger partial charge in [0, 0.05) is 12.8 Å². The Balaban J connectivity index is 2.59. The molecule has 2 nitrogen and oxygen atoms in total. The smallest absolute Gasteiger partial charge is 0.137 e. The number of carbonyl (C=O) groups excluding carboxylic acids is 1. The van der Waals surface area contributed by atoms with Crippen LogP contribution in [-0.4, -0.2) is 12.3 Å². The number of carbonyl (C=O) groups is 1. The van der Waals surface area contributed by atoms with E-state index in [9.17, 15) is 4.79 Å². The van der Waals surface area contributed by atoms with E-state index in [2.05, 4.69) is 52.8 Å². The van der Waals surface area contributed by atoms with Gasteiger partial charge >= 0.3 is 0 Å². The van der Waals surface area contributed by atoms with Crippen molar-refractivity contribution >= 4 is 5.78 Å². The topological polar surface area (TPSA) is 43.1 Å². The summed E-state index contributed by atoms with van der Waals surface area (Å²) < 4.78 is 0. The fourth-order valence-corrected chi connectivity index (χ4v) is 2.84. The molecule has 1 atom stereocenters. The van der Waals surface area contributed by atoms with Crippen molar-refractivity contribution in [3.63, 3.8) is 0 Å². The first-order valence-corrected chi connectivity index (χ1v) is 8.02. The molecule has 0 saturated heterocycles. The van der Waals surface area contributed by atoms with E-state index in [0.29, 0.717) is 31.1 Å². The molecule has 118 valence electrons. The molecule has 21 heavy (non-hydrogen) atoms. The molecule has 0 bridgehead atoms. The second-order valence-electron chi connectivity index (χ2n) is 7.32. The van der Waals surface area contributed by atoms with Crippen LogP contribution in [-0.2, 0) is 11.2 Å². The van der Waals surface area contributed by atoms with Gasteiger partial charge in [0.25, 0.3) is 0 Å². The molecular weight excluding hydrogens is 258 g/mol. The fourth-order valence-electron chi connectivity index (χ4n) is 2.84. The van der Waals surface area contributed by atoms with Gasteiger partial charge in [-0.25, -0.2) is 0 Å². The average molecular weight is 289 g/mol. The monoisotopic (exact) mass is 289 g/mol. The van der Waals surface area contributed by atoms with Gasteiger partial charge in [-0.05, 0) is 55.7 Å². The van der Waals surface area contributed by atoms with Gasteiger partial charge in [0.1, 0.15) is 5.78 Å². The fraction of sp³-hybridized carbons (Fsp3) is 0.632. The summed E-state index contributed by atoms with van der Waals surface area (Å²) in [5.74, 6) is 0.861. The van der Waals surface area contributed by atoms with Gasteiger partial charge in [0.05, 0.1) is 0 Å². The van der Waals surface area contributed by atoms with Crippen molar-refractivity contribution in [2.75, 3.05) is 6.54 Å². The van der Waals surface area contributed by atoms with Gasteiger partial charge < -0.3 is 5.73 Å². The Morgan fingerprint density at radius 3 is 2.43 bits per heavy atom. The number of Topliss-reactive ketones (excluding diaryl/α,β-unsaturated/α-hetero) is 1. The van der Waals surface area contributed by atoms with Crippen molar-refractivity contribution in [3.05, 3.63) is 34.9 Å². The number of nitrogens with two attached hydrogens (primary N) is 1. The second kappa shape index (κ2) is 7.74. The molecule has 1 unspecified atom stereocenters. The van der Waals surface area contributed by atoms with Crippen LogP contribution in [0.2, 0.25) is 0 Å². The maximum Gasteiger partial charge on any atom is 0.137 e. The zero-order valence-electron chi connectivity index (χ0n) is 14.3. The number of rotatable bonds is 7. The number of ketones is 1. The molecule has 0 aromatic heterocycles. The van der Waals surface area contributed by atoms with Gasteiger partial charge in [0.15, 0.2) is 0 Å². The third-order valence-corrected chi connectivity index (χ3v) is 4.40. The Morgan fingerprint density at radius 2 is 1.86 bits per heavy atom. The molecule has 0 aliphatic rings. The van der Waals surface area contributed by atoms with Crippen molar-refractivity contribution in [2.24, 2.45) is 17.1 Å². The van der Waals surface area contributed by atoms with Crippen LogP contribution in [0.3, 0.4) is 0 Å². The Hall–Kier alpha value is -1.15. The Labute approximate surface area is 130 Å². The molecule has 2 heteroatoms. The molecule has 0 heterocycles. The number of aryl methyl sites for hydroxylation is 2. The number of hydrogen-bond acceptors (Lipinski definition) is 2. The third kappa shape index (κ3) is 6.01. The highest BCUT2D eigenvalue weighted by Gasteiger charge is 2.24. The molecule has 0 fully saturated rings. The summed E-state index contributed by atoms with van der Waals surface area (Å²) in [6, 6.07) is 6.33. The van der Waals surface area contributed by atoms with Crippen LogP contribution in [0.5, 0.6) is 0 Å². The summed E-state index contributed by atoms with van der Waals surface area (Å²) in [5.41, 5.74) is 9.53. The van der Waals surface area contributed by atoms with Gasteiger partial charge in [-0.2, -0.15) is 0 Å². The van der Waals surface area contributed by atoms with Gasteiger partial charge in [-0.1, -0.05) is 44.5 Å². The molecule has 0 saturated carbocycles. The van der Waals surface area contributed by atoms with Crippen LogP contribution in [0.15, 0.2) is 18.2 Å². The number of benzene rings is 1. The summed E-state index contributed by atoms with van der Waals surface area (Å²) in [4.78, 5) is 12.3. The molecule has 0 amide bonds. The summed E-state index contributed by atoms with van der Waals surface area (Å²) in [7, 11) is 0. The first kappa shape index (κ1) is 17.9. The highest BCUT2D eigenvalue weighted by molar-refractivity contribution is 5.81. The van der Waals surface area contributed by atoms with E-state index in [1.54, 1.807) is 0 Å². The van der Waals surface area contributed by atoms with Crippen molar-refractivity contribution in [1.29, 1.82) is 0 Å². The minimum absolute atomic E-state index is 0.221. The predicted molar refractivity (Wildman–Crippen MR) is 90.5 cm³/mol. The maximum atomic E-state index is 12.3. The van der Waals surface area contributed by atoms with Crippen LogP contribution >= 0.6 is 0 Å². The molecule has 0 aliphatic carbocycles. The molecule has 2 N–H and O–H groups in total. The van der Waals surface area contributed by atoms with Crippen molar-refractivity contribution in [3.8, 4) is 0 Å². The Kier molecular flexibility index (Phi) is 6.60. The lowest BCUT2D eigenvalue weighted by molar-refractivity contribution is -0.118. The Bertz CT molecular complexity index is 471. The number of hydrogen-bond donors (Lipinski definition) is 1. The standard InChI is InChI=1S/C19H31NO/c1-14-6-7-15(2)16(12-14)13-18(21)9-8-17(10-11-20)19(3,4)5/h6-7,12,17H,8-11,13,20H2,1-5H3. The highest BCUT2D eigenvalue weighted by Crippen LogP contribution is 2.32. The zero-order valence-corrected chi connectivity index (χ0v) is 14.3. The van der Waals surface area contributed by atoms with E-state index >= 15 is 0 Å². The lowest BCUT2D eigenvalue weighted by Gasteiger charge is -2.30. The minimum Gasteiger partial charge on any atom is -0.330 e. The summed E-state index contributed by atoms with van der Waals surface area (Å²) in [6.07, 6.45) is 3.17. The van der Waals surface area contributed by atoms with E-state index in [0.717, 1.165) is 12.8 Å². The third-order valence-electron chi connectivity index (χ3n) is 4.40. The van der Waals surface area contributed by atoms with Crippen molar-refractivity contribution in [2.45, 2.75) is 60.3 Å². The van der Waals surface area contributed by atoms with Crippen LogP contribution in [0.25, 0.3) is 0 Å². The molecular formula is C19H31NO. The van der Waals surface area contributed by atoms with Crippen LogP contribution in [0.4, 0.5) is 0 Å². The van der Waals surface area contributed by atoms with Crippen molar-refractivity contribution in [1.82, 2.24) is 0 Å². The van der Waals surface area contributed by atoms with Crippen molar-refractivity contribution < 1.29 is 4.79 Å². The van der Waals surface area contributed by atoms with Crippen LogP contribution in [0.1, 0.15) is 56.7 Å². The van der Waals surface area contributed by atoms with Gasteiger partial charge in [0.2, 0.25) is 0 Å². The van der Waals surface area contributed by atoms with Crippen LogP contribution in [0, 0.1) is 25.2 Å². The predicted octanol–water partition coefficient (Wildman–Crippen LogP) is 4.21. The molecule has 0 spiro atoms. The highest BCUT2D eigenvalue weighted by atomic mass is 16.1. The average Bonchev–Trinajstić information content (AvgIpc) is 2.37. The quantitative estimate of drug-likeness (QED) is 0.817. The summed E-state index contributed by atoms with van der Waals surface area (Å²) in [5, 5.41) is 0. The minimum atomic E-state index is 0.221. The van der Waals surface area contributed by atoms with E-state index < -0.39 is 0 Å². The summed E-state index contributed by atoms with van der Waals surface area (Å²) >= 11 is 0. The van der Waals surface area contributed by atoms with E-state index in [-0.39, 0.29) is 5.41 Å². The molecule has 1 aromatic carbocycles. The molecule has 0 radical (unpaired) electrons. The first-order valence-electron chi connectivity index (χ1n) is 8.02. The molecule has 0 aliphatic heterocycles. The van der Waals surface area contributed by atoms with E-state index in [1.165, 1.54) is 16.7 Å². The van der Waals surface area contributed by atoms with E-state index in [4.69, 9.17) is 5.73 Å².